The summed E-state index contributed by atoms with van der Waals surface area (Å²) in [6, 6.07) is 3.33. The van der Waals surface area contributed by atoms with Crippen molar-refractivity contribution >= 4 is 21.4 Å². The SMILES string of the molecule is CCS(=O)(=O)CCCC(O)c1cc(Cl)c2c(c1)OCCO2. The molecule has 0 amide bonds. The number of aliphatic hydroxyl groups is 1. The van der Waals surface area contributed by atoms with E-state index < -0.39 is 15.9 Å². The first-order chi connectivity index (χ1) is 9.93. The number of sulfone groups is 1. The molecule has 1 aliphatic rings. The number of halogens is 1. The van der Waals surface area contributed by atoms with Gasteiger partial charge in [0.15, 0.2) is 11.5 Å². The van der Waals surface area contributed by atoms with Gasteiger partial charge in [-0.25, -0.2) is 8.42 Å². The fraction of sp³-hybridized carbons (Fsp3) is 0.571. The van der Waals surface area contributed by atoms with Crippen molar-refractivity contribution in [2.75, 3.05) is 24.7 Å². The van der Waals surface area contributed by atoms with Crippen LogP contribution in [0.1, 0.15) is 31.4 Å². The van der Waals surface area contributed by atoms with Crippen molar-refractivity contribution in [3.8, 4) is 11.5 Å². The summed E-state index contributed by atoms with van der Waals surface area (Å²) in [5.41, 5.74) is 0.609. The van der Waals surface area contributed by atoms with Crippen molar-refractivity contribution < 1.29 is 23.0 Å². The quantitative estimate of drug-likeness (QED) is 0.864. The van der Waals surface area contributed by atoms with Crippen LogP contribution in [-0.4, -0.2) is 38.2 Å². The molecule has 5 nitrogen and oxygen atoms in total. The van der Waals surface area contributed by atoms with Crippen molar-refractivity contribution in [1.82, 2.24) is 0 Å². The van der Waals surface area contributed by atoms with Gasteiger partial charge in [-0.3, -0.25) is 0 Å². The molecule has 0 spiro atoms. The van der Waals surface area contributed by atoms with Crippen LogP contribution >= 0.6 is 11.6 Å². The molecule has 1 N–H and O–H groups in total. The number of hydrogen-bond acceptors (Lipinski definition) is 5. The largest absolute Gasteiger partial charge is 0.486 e. The summed E-state index contributed by atoms with van der Waals surface area (Å²) < 4.78 is 33.7. The molecule has 0 bridgehead atoms. The van der Waals surface area contributed by atoms with Crippen molar-refractivity contribution in [1.29, 1.82) is 0 Å². The van der Waals surface area contributed by atoms with Gasteiger partial charge >= 0.3 is 0 Å². The average molecular weight is 335 g/mol. The molecule has 0 aliphatic carbocycles. The van der Waals surface area contributed by atoms with Gasteiger partial charge in [0.05, 0.1) is 16.9 Å². The molecular formula is C14H19ClO5S. The van der Waals surface area contributed by atoms with Gasteiger partial charge in [0.2, 0.25) is 0 Å². The zero-order valence-electron chi connectivity index (χ0n) is 11.8. The lowest BCUT2D eigenvalue weighted by Crippen LogP contribution is -2.16. The molecule has 0 fully saturated rings. The van der Waals surface area contributed by atoms with Gasteiger partial charge < -0.3 is 14.6 Å². The third kappa shape index (κ3) is 4.25. The second kappa shape index (κ2) is 6.85. The van der Waals surface area contributed by atoms with Crippen LogP contribution in [0.15, 0.2) is 12.1 Å². The summed E-state index contributed by atoms with van der Waals surface area (Å²) in [6.07, 6.45) is -0.0103. The molecule has 1 aromatic rings. The van der Waals surface area contributed by atoms with Crippen molar-refractivity contribution in [2.24, 2.45) is 0 Å². The van der Waals surface area contributed by atoms with Crippen LogP contribution in [0.5, 0.6) is 11.5 Å². The Hall–Kier alpha value is -0.980. The maximum Gasteiger partial charge on any atom is 0.179 e. The Bertz CT molecular complexity index is 600. The number of hydrogen-bond donors (Lipinski definition) is 1. The summed E-state index contributed by atoms with van der Waals surface area (Å²) in [7, 11) is -3.00. The monoisotopic (exact) mass is 334 g/mol. The van der Waals surface area contributed by atoms with E-state index in [4.69, 9.17) is 21.1 Å². The molecule has 0 radical (unpaired) electrons. The predicted octanol–water partition coefficient (Wildman–Crippen LogP) is 2.36. The first kappa shape index (κ1) is 16.4. The highest BCUT2D eigenvalue weighted by molar-refractivity contribution is 7.91. The Labute approximate surface area is 129 Å². The lowest BCUT2D eigenvalue weighted by Gasteiger charge is -2.21. The Balaban J connectivity index is 2.03. The van der Waals surface area contributed by atoms with E-state index >= 15 is 0 Å². The minimum absolute atomic E-state index is 0.0822. The van der Waals surface area contributed by atoms with E-state index in [0.717, 1.165) is 0 Å². The molecule has 118 valence electrons. The van der Waals surface area contributed by atoms with Crippen LogP contribution in [0, 0.1) is 0 Å². The van der Waals surface area contributed by atoms with Crippen LogP contribution in [0.4, 0.5) is 0 Å². The molecule has 0 saturated heterocycles. The molecule has 0 saturated carbocycles. The van der Waals surface area contributed by atoms with E-state index in [0.29, 0.717) is 48.1 Å². The van der Waals surface area contributed by atoms with Gasteiger partial charge in [-0.15, -0.1) is 0 Å². The molecule has 1 atom stereocenters. The summed E-state index contributed by atoms with van der Waals surface area (Å²) >= 11 is 6.11. The van der Waals surface area contributed by atoms with E-state index in [1.54, 1.807) is 19.1 Å². The lowest BCUT2D eigenvalue weighted by atomic mass is 10.0. The average Bonchev–Trinajstić information content (AvgIpc) is 2.47. The normalized spacial score (nSPS) is 15.8. The van der Waals surface area contributed by atoms with E-state index in [9.17, 15) is 13.5 Å². The summed E-state index contributed by atoms with van der Waals surface area (Å²) in [5, 5.41) is 10.6. The third-order valence-electron chi connectivity index (χ3n) is 3.38. The standard InChI is InChI=1S/C14H19ClO5S/c1-2-21(17,18)7-3-4-12(16)10-8-11(15)14-13(9-10)19-5-6-20-14/h8-9,12,16H,2-7H2,1H3. The Morgan fingerprint density at radius 2 is 2.05 bits per heavy atom. The van der Waals surface area contributed by atoms with E-state index in [2.05, 4.69) is 0 Å². The maximum absolute atomic E-state index is 11.4. The molecule has 1 heterocycles. The highest BCUT2D eigenvalue weighted by atomic mass is 35.5. The van der Waals surface area contributed by atoms with Gasteiger partial charge in [-0.2, -0.15) is 0 Å². The predicted molar refractivity (Wildman–Crippen MR) is 81.0 cm³/mol. The Morgan fingerprint density at radius 3 is 2.76 bits per heavy atom. The van der Waals surface area contributed by atoms with E-state index in [-0.39, 0.29) is 11.5 Å². The highest BCUT2D eigenvalue weighted by Crippen LogP contribution is 2.40. The second-order valence-corrected chi connectivity index (χ2v) is 7.80. The third-order valence-corrected chi connectivity index (χ3v) is 5.45. The maximum atomic E-state index is 11.4. The van der Waals surface area contributed by atoms with Crippen LogP contribution in [0.3, 0.4) is 0 Å². The van der Waals surface area contributed by atoms with Crippen molar-refractivity contribution in [3.05, 3.63) is 22.7 Å². The molecule has 1 unspecified atom stereocenters. The zero-order valence-corrected chi connectivity index (χ0v) is 13.4. The molecule has 0 aromatic heterocycles. The van der Waals surface area contributed by atoms with Gasteiger partial charge in [0.1, 0.15) is 23.1 Å². The fourth-order valence-corrected chi connectivity index (χ4v) is 3.30. The first-order valence-corrected chi connectivity index (χ1v) is 9.10. The van der Waals surface area contributed by atoms with Crippen LogP contribution in [-0.2, 0) is 9.84 Å². The minimum Gasteiger partial charge on any atom is -0.486 e. The van der Waals surface area contributed by atoms with Gasteiger partial charge in [0.25, 0.3) is 0 Å². The van der Waals surface area contributed by atoms with E-state index in [1.165, 1.54) is 0 Å². The van der Waals surface area contributed by atoms with Crippen LogP contribution < -0.4 is 9.47 Å². The summed E-state index contributed by atoms with van der Waals surface area (Å²) in [5.74, 6) is 1.22. The summed E-state index contributed by atoms with van der Waals surface area (Å²) in [4.78, 5) is 0. The topological polar surface area (TPSA) is 72.8 Å². The van der Waals surface area contributed by atoms with Gasteiger partial charge in [-0.1, -0.05) is 18.5 Å². The number of ether oxygens (including phenoxy) is 2. The van der Waals surface area contributed by atoms with E-state index in [1.807, 2.05) is 0 Å². The number of fused-ring (bicyclic) bond motifs is 1. The number of benzene rings is 1. The molecule has 2 rings (SSSR count). The van der Waals surface area contributed by atoms with Crippen molar-refractivity contribution in [3.63, 3.8) is 0 Å². The highest BCUT2D eigenvalue weighted by Gasteiger charge is 2.19. The molecule has 7 heteroatoms. The molecule has 1 aliphatic heterocycles. The Morgan fingerprint density at radius 1 is 1.33 bits per heavy atom. The van der Waals surface area contributed by atoms with Gasteiger partial charge in [-0.05, 0) is 30.5 Å². The first-order valence-electron chi connectivity index (χ1n) is 6.90. The molecule has 21 heavy (non-hydrogen) atoms. The minimum atomic E-state index is -3.00. The smallest absolute Gasteiger partial charge is 0.179 e. The number of aliphatic hydroxyl groups excluding tert-OH is 1. The lowest BCUT2D eigenvalue weighted by molar-refractivity contribution is 0.159. The van der Waals surface area contributed by atoms with Crippen LogP contribution in [0.2, 0.25) is 5.02 Å². The number of rotatable bonds is 6. The van der Waals surface area contributed by atoms with Crippen molar-refractivity contribution in [2.45, 2.75) is 25.9 Å². The fourth-order valence-electron chi connectivity index (χ4n) is 2.13. The molecular weight excluding hydrogens is 316 g/mol. The zero-order chi connectivity index (χ0) is 15.5. The summed E-state index contributed by atoms with van der Waals surface area (Å²) in [6.45, 7) is 2.51. The van der Waals surface area contributed by atoms with Crippen LogP contribution in [0.25, 0.3) is 0 Å². The Kier molecular flexibility index (Phi) is 5.35. The molecule has 1 aromatic carbocycles. The second-order valence-electron chi connectivity index (χ2n) is 4.92. The van der Waals surface area contributed by atoms with Gasteiger partial charge in [0, 0.05) is 5.75 Å².